The number of ether oxygens (including phenoxy) is 2. The van der Waals surface area contributed by atoms with Gasteiger partial charge in [-0.15, -0.1) is 0 Å². The van der Waals surface area contributed by atoms with E-state index >= 15 is 0 Å². The summed E-state index contributed by atoms with van der Waals surface area (Å²) in [7, 11) is -9.70. The van der Waals surface area contributed by atoms with Crippen LogP contribution in [-0.2, 0) is 41.8 Å². The molecule has 1 unspecified atom stereocenters. The van der Waals surface area contributed by atoms with Crippen molar-refractivity contribution >= 4 is 27.6 Å². The molecular formula is C44H76O13P2. The minimum absolute atomic E-state index is 0.100. The van der Waals surface area contributed by atoms with Crippen LogP contribution >= 0.6 is 15.6 Å². The van der Waals surface area contributed by atoms with E-state index in [-0.39, 0.29) is 12.8 Å². The lowest BCUT2D eigenvalue weighted by atomic mass is 10.1. The highest BCUT2D eigenvalue weighted by Crippen LogP contribution is 2.43. The van der Waals surface area contributed by atoms with Crippen LogP contribution in [0.2, 0.25) is 0 Å². The summed E-state index contributed by atoms with van der Waals surface area (Å²) in [6.07, 6.45) is 43.3. The number of unbranched alkanes of at least 4 members (excludes halogenated alkanes) is 12. The van der Waals surface area contributed by atoms with Crippen molar-refractivity contribution in [1.82, 2.24) is 0 Å². The number of phosphoric ester groups is 2. The number of hydrogen-bond acceptors (Lipinski definition) is 10. The maximum absolute atomic E-state index is 12.6. The minimum Gasteiger partial charge on any atom is -0.462 e. The van der Waals surface area contributed by atoms with Gasteiger partial charge in [0.1, 0.15) is 12.7 Å². The Morgan fingerprint density at radius 2 is 0.898 bits per heavy atom. The van der Waals surface area contributed by atoms with Gasteiger partial charge in [0.05, 0.1) is 19.8 Å². The Kier molecular flexibility index (Phi) is 38.0. The molecule has 59 heavy (non-hydrogen) atoms. The predicted octanol–water partition coefficient (Wildman–Crippen LogP) is 11.0. The van der Waals surface area contributed by atoms with Gasteiger partial charge in [-0.05, 0) is 83.5 Å². The van der Waals surface area contributed by atoms with Gasteiger partial charge in [0.2, 0.25) is 0 Å². The molecule has 0 saturated heterocycles. The first kappa shape index (κ1) is 56.6. The zero-order valence-electron chi connectivity index (χ0n) is 35.8. The van der Waals surface area contributed by atoms with Gasteiger partial charge in [-0.2, -0.15) is 0 Å². The second-order valence-corrected chi connectivity index (χ2v) is 16.9. The van der Waals surface area contributed by atoms with E-state index < -0.39 is 66.2 Å². The third kappa shape index (κ3) is 43.5. The summed E-state index contributed by atoms with van der Waals surface area (Å²) in [6.45, 7) is 1.62. The highest BCUT2D eigenvalue weighted by molar-refractivity contribution is 7.47. The summed E-state index contributed by atoms with van der Waals surface area (Å²) >= 11 is 0. The normalized spacial score (nSPS) is 14.7. The molecule has 0 heterocycles. The topological polar surface area (TPSA) is 195 Å². The smallest absolute Gasteiger partial charge is 0.462 e. The van der Waals surface area contributed by atoms with Crippen LogP contribution < -0.4 is 0 Å². The number of carbonyl (C=O) groups is 2. The van der Waals surface area contributed by atoms with Crippen molar-refractivity contribution in [3.63, 3.8) is 0 Å². The molecule has 3 atom stereocenters. The summed E-state index contributed by atoms with van der Waals surface area (Å²) in [5.74, 6) is -1.12. The third-order valence-corrected chi connectivity index (χ3v) is 9.99. The highest BCUT2D eigenvalue weighted by Gasteiger charge is 2.28. The molecule has 0 bridgehead atoms. The Morgan fingerprint density at radius 1 is 0.492 bits per heavy atom. The second-order valence-electron chi connectivity index (χ2n) is 14.3. The van der Waals surface area contributed by atoms with Gasteiger partial charge < -0.3 is 29.3 Å². The third-order valence-electron chi connectivity index (χ3n) is 8.56. The molecule has 0 aliphatic rings. The Balaban J connectivity index is 4.65. The molecule has 0 aliphatic carbocycles. The van der Waals surface area contributed by atoms with Crippen LogP contribution in [0.4, 0.5) is 0 Å². The number of phosphoric acid groups is 2. The van der Waals surface area contributed by atoms with Gasteiger partial charge >= 0.3 is 27.6 Å². The molecule has 0 rings (SSSR count). The van der Waals surface area contributed by atoms with Crippen molar-refractivity contribution in [2.45, 2.75) is 167 Å². The number of hydrogen-bond donors (Lipinski definition) is 4. The van der Waals surface area contributed by atoms with E-state index in [1.165, 1.54) is 38.5 Å². The molecule has 340 valence electrons. The van der Waals surface area contributed by atoms with Crippen molar-refractivity contribution in [2.24, 2.45) is 0 Å². The fourth-order valence-corrected chi connectivity index (χ4v) is 6.41. The zero-order chi connectivity index (χ0) is 43.7. The van der Waals surface area contributed by atoms with Crippen molar-refractivity contribution in [1.29, 1.82) is 0 Å². The average Bonchev–Trinajstić information content (AvgIpc) is 3.19. The van der Waals surface area contributed by atoms with Gasteiger partial charge in [-0.25, -0.2) is 9.13 Å². The summed E-state index contributed by atoms with van der Waals surface area (Å²) in [6, 6.07) is 0. The zero-order valence-corrected chi connectivity index (χ0v) is 37.6. The maximum Gasteiger partial charge on any atom is 0.472 e. The number of esters is 2. The van der Waals surface area contributed by atoms with Gasteiger partial charge in [0.25, 0.3) is 0 Å². The molecule has 4 N–H and O–H groups in total. The van der Waals surface area contributed by atoms with E-state index in [2.05, 4.69) is 83.7 Å². The fraction of sp³-hybridized carbons (Fsp3) is 0.682. The summed E-state index contributed by atoms with van der Waals surface area (Å²) in [5.41, 5.74) is 0. The van der Waals surface area contributed by atoms with E-state index in [4.69, 9.17) is 23.8 Å². The highest BCUT2D eigenvalue weighted by atomic mass is 31.2. The molecule has 0 fully saturated rings. The minimum atomic E-state index is -4.87. The van der Waals surface area contributed by atoms with Crippen molar-refractivity contribution in [2.75, 3.05) is 26.4 Å². The molecule has 0 radical (unpaired) electrons. The first-order valence-electron chi connectivity index (χ1n) is 21.6. The first-order valence-corrected chi connectivity index (χ1v) is 24.7. The van der Waals surface area contributed by atoms with Crippen LogP contribution in [0.5, 0.6) is 0 Å². The Hall–Kier alpha value is -2.44. The van der Waals surface area contributed by atoms with Crippen LogP contribution in [0.25, 0.3) is 0 Å². The summed E-state index contributed by atoms with van der Waals surface area (Å²) in [5, 5.41) is 9.74. The predicted molar refractivity (Wildman–Crippen MR) is 234 cm³/mol. The van der Waals surface area contributed by atoms with Crippen LogP contribution in [-0.4, -0.2) is 70.4 Å². The van der Waals surface area contributed by atoms with Gasteiger partial charge in [-0.3, -0.25) is 23.2 Å². The number of rotatable bonds is 40. The molecule has 15 heteroatoms. The summed E-state index contributed by atoms with van der Waals surface area (Å²) in [4.78, 5) is 52.6. The lowest BCUT2D eigenvalue weighted by Crippen LogP contribution is -2.30. The molecule has 0 spiro atoms. The lowest BCUT2D eigenvalue weighted by Gasteiger charge is -2.20. The molecule has 0 aromatic heterocycles. The molecule has 0 saturated carbocycles. The van der Waals surface area contributed by atoms with Crippen molar-refractivity contribution < 1.29 is 61.6 Å². The number of carbonyl (C=O) groups excluding carboxylic acids is 2. The van der Waals surface area contributed by atoms with Crippen LogP contribution in [0.3, 0.4) is 0 Å². The molecule has 0 aromatic rings. The van der Waals surface area contributed by atoms with E-state index in [1.54, 1.807) is 0 Å². The average molecular weight is 875 g/mol. The van der Waals surface area contributed by atoms with Gasteiger partial charge in [0, 0.05) is 12.8 Å². The summed E-state index contributed by atoms with van der Waals surface area (Å²) < 4.78 is 47.7. The van der Waals surface area contributed by atoms with Gasteiger partial charge in [0.15, 0.2) is 6.10 Å². The van der Waals surface area contributed by atoms with E-state index in [1.807, 2.05) is 12.2 Å². The van der Waals surface area contributed by atoms with Crippen molar-refractivity contribution in [3.05, 3.63) is 72.9 Å². The quantitative estimate of drug-likeness (QED) is 0.0197. The lowest BCUT2D eigenvalue weighted by molar-refractivity contribution is -0.161. The molecular weight excluding hydrogens is 798 g/mol. The number of allylic oxidation sites excluding steroid dienone is 12. The van der Waals surface area contributed by atoms with Crippen LogP contribution in [0.15, 0.2) is 72.9 Å². The van der Waals surface area contributed by atoms with E-state index in [0.29, 0.717) is 19.3 Å². The molecule has 13 nitrogen and oxygen atoms in total. The van der Waals surface area contributed by atoms with Crippen LogP contribution in [0.1, 0.15) is 155 Å². The Morgan fingerprint density at radius 3 is 1.41 bits per heavy atom. The maximum atomic E-state index is 12.6. The second kappa shape index (κ2) is 39.7. The standard InChI is InChI=1S/C44H76O13P2/c1-3-5-7-9-11-13-15-17-19-20-22-23-25-27-29-31-33-35-43(46)53-39-42(40-56-59(51,52)55-38-41(45)37-54-58(48,49)50)57-44(47)36-34-32-30-28-26-24-21-18-16-14-12-10-8-6-4-2/h11-14,17-19,21-23,27,29,41-42,45H,3-10,15-16,20,24-26,28,30-40H2,1-2H3,(H,51,52)(H2,48,49,50)/b13-11-,14-12-,19-17-,21-18-,23-22-,29-27-/t41-,42+/m0/s1. The van der Waals surface area contributed by atoms with Gasteiger partial charge in [-0.1, -0.05) is 132 Å². The largest absolute Gasteiger partial charge is 0.472 e. The number of aliphatic hydroxyl groups excluding tert-OH is 1. The molecule has 0 aromatic carbocycles. The van der Waals surface area contributed by atoms with E-state index in [0.717, 1.165) is 70.6 Å². The molecule has 0 amide bonds. The first-order chi connectivity index (χ1) is 28.4. The van der Waals surface area contributed by atoms with Crippen molar-refractivity contribution in [3.8, 4) is 0 Å². The van der Waals surface area contributed by atoms with Crippen LogP contribution in [0, 0.1) is 0 Å². The van der Waals surface area contributed by atoms with E-state index in [9.17, 15) is 28.7 Å². The monoisotopic (exact) mass is 874 g/mol. The molecule has 0 aliphatic heterocycles. The SMILES string of the molecule is CCCCC/C=C\C/C=C\C/C=C\C/C=C\CCCC(=O)OC[C@H](COP(=O)(O)OC[C@@H](O)COP(=O)(O)O)OC(=O)CCCCCCC/C=C\C/C=C\CCCCC. The Bertz CT molecular complexity index is 1320. The number of aliphatic hydroxyl groups is 1. The fourth-order valence-electron chi connectivity index (χ4n) is 5.25. The Labute approximate surface area is 354 Å².